The molecule has 5 rings (SSSR count). The van der Waals surface area contributed by atoms with E-state index in [2.05, 4.69) is 13.8 Å². The van der Waals surface area contributed by atoms with E-state index < -0.39 is 30.2 Å². The number of carbonyl (C=O) groups is 1. The second-order valence-electron chi connectivity index (χ2n) is 10.3. The SMILES string of the molecule is CC12CC3(C)CC(F)(C1)CC([C@H](N)C(=O)N1CCC[C@H]1B(O)O)(C2)C3. The molecule has 0 radical (unpaired) electrons. The van der Waals surface area contributed by atoms with E-state index in [1.807, 2.05) is 0 Å². The fourth-order valence-corrected chi connectivity index (χ4v) is 7.79. The summed E-state index contributed by atoms with van der Waals surface area (Å²) in [6.07, 6.45) is 5.47. The number of amides is 1. The fraction of sp³-hybridized carbons (Fsp3) is 0.944. The summed E-state index contributed by atoms with van der Waals surface area (Å²) in [5.74, 6) is -0.814. The molecule has 4 atom stereocenters. The predicted molar refractivity (Wildman–Crippen MR) is 93.1 cm³/mol. The van der Waals surface area contributed by atoms with Gasteiger partial charge in [0.25, 0.3) is 0 Å². The Morgan fingerprint density at radius 1 is 1.16 bits per heavy atom. The second kappa shape index (κ2) is 5.20. The van der Waals surface area contributed by atoms with Crippen molar-refractivity contribution in [2.24, 2.45) is 22.0 Å². The van der Waals surface area contributed by atoms with Crippen LogP contribution in [0.2, 0.25) is 0 Å². The minimum absolute atomic E-state index is 0.0863. The first-order valence-electron chi connectivity index (χ1n) is 9.60. The third-order valence-electron chi connectivity index (χ3n) is 7.42. The van der Waals surface area contributed by atoms with Crippen molar-refractivity contribution in [1.82, 2.24) is 4.90 Å². The quantitative estimate of drug-likeness (QED) is 0.671. The average molecular weight is 352 g/mol. The van der Waals surface area contributed by atoms with Crippen molar-refractivity contribution in [2.75, 3.05) is 6.54 Å². The van der Waals surface area contributed by atoms with Gasteiger partial charge in [-0.3, -0.25) is 4.79 Å². The summed E-state index contributed by atoms with van der Waals surface area (Å²) in [4.78, 5) is 14.7. The average Bonchev–Trinajstić information content (AvgIpc) is 2.89. The minimum Gasteiger partial charge on any atom is -0.426 e. The first-order valence-corrected chi connectivity index (χ1v) is 9.60. The molecule has 4 bridgehead atoms. The maximum Gasteiger partial charge on any atom is 0.475 e. The number of likely N-dealkylation sites (tertiary alicyclic amines) is 1. The van der Waals surface area contributed by atoms with Crippen molar-refractivity contribution in [3.8, 4) is 0 Å². The highest BCUT2D eigenvalue weighted by Crippen LogP contribution is 2.72. The maximum absolute atomic E-state index is 15.6. The Labute approximate surface area is 149 Å². The Kier molecular flexibility index (Phi) is 3.69. The molecule has 5 aliphatic rings. The molecule has 1 aliphatic heterocycles. The molecule has 0 aromatic heterocycles. The highest BCUT2D eigenvalue weighted by molar-refractivity contribution is 6.43. The van der Waals surface area contributed by atoms with Crippen LogP contribution in [0, 0.1) is 16.2 Å². The number of halogens is 1. The van der Waals surface area contributed by atoms with Crippen LogP contribution in [0.25, 0.3) is 0 Å². The lowest BCUT2D eigenvalue weighted by Gasteiger charge is -2.68. The highest BCUT2D eigenvalue weighted by Gasteiger charge is 2.68. The number of hydrogen-bond acceptors (Lipinski definition) is 4. The maximum atomic E-state index is 15.6. The van der Waals surface area contributed by atoms with Crippen molar-refractivity contribution in [3.05, 3.63) is 0 Å². The summed E-state index contributed by atoms with van der Waals surface area (Å²) >= 11 is 0. The molecule has 4 N–H and O–H groups in total. The van der Waals surface area contributed by atoms with Gasteiger partial charge in [0, 0.05) is 6.54 Å². The molecule has 4 saturated carbocycles. The first-order chi connectivity index (χ1) is 11.5. The molecule has 1 saturated heterocycles. The molecule has 1 heterocycles. The van der Waals surface area contributed by atoms with Crippen molar-refractivity contribution in [2.45, 2.75) is 82.9 Å². The van der Waals surface area contributed by atoms with E-state index in [0.717, 1.165) is 25.7 Å². The molecule has 5 nitrogen and oxygen atoms in total. The van der Waals surface area contributed by atoms with Crippen LogP contribution in [0.5, 0.6) is 0 Å². The van der Waals surface area contributed by atoms with E-state index in [1.165, 1.54) is 4.90 Å². The molecule has 5 fully saturated rings. The smallest absolute Gasteiger partial charge is 0.426 e. The van der Waals surface area contributed by atoms with Gasteiger partial charge in [-0.2, -0.15) is 0 Å². The van der Waals surface area contributed by atoms with E-state index in [4.69, 9.17) is 5.73 Å². The second-order valence-corrected chi connectivity index (χ2v) is 10.3. The molecule has 7 heteroatoms. The predicted octanol–water partition coefficient (Wildman–Crippen LogP) is 1.41. The third kappa shape index (κ3) is 2.65. The van der Waals surface area contributed by atoms with E-state index in [-0.39, 0.29) is 16.7 Å². The highest BCUT2D eigenvalue weighted by atomic mass is 19.1. The van der Waals surface area contributed by atoms with Gasteiger partial charge in [-0.05, 0) is 67.6 Å². The molecule has 25 heavy (non-hydrogen) atoms. The normalized spacial score (nSPS) is 49.5. The summed E-state index contributed by atoms with van der Waals surface area (Å²) < 4.78 is 15.6. The lowest BCUT2D eigenvalue weighted by atomic mass is 9.38. The van der Waals surface area contributed by atoms with Crippen molar-refractivity contribution >= 4 is 13.0 Å². The van der Waals surface area contributed by atoms with Gasteiger partial charge in [0.15, 0.2) is 0 Å². The number of carbonyl (C=O) groups excluding carboxylic acids is 1. The summed E-state index contributed by atoms with van der Waals surface area (Å²) in [6.45, 7) is 4.80. The van der Waals surface area contributed by atoms with Crippen LogP contribution < -0.4 is 5.73 Å². The summed E-state index contributed by atoms with van der Waals surface area (Å²) in [7, 11) is -1.54. The van der Waals surface area contributed by atoms with E-state index >= 15 is 4.39 Å². The molecule has 0 aromatic carbocycles. The number of rotatable bonds is 3. The van der Waals surface area contributed by atoms with E-state index in [9.17, 15) is 14.8 Å². The van der Waals surface area contributed by atoms with Crippen LogP contribution in [-0.2, 0) is 4.79 Å². The summed E-state index contributed by atoms with van der Waals surface area (Å²) in [6, 6.07) is -0.762. The number of nitrogens with zero attached hydrogens (tertiary/aromatic N) is 1. The van der Waals surface area contributed by atoms with Gasteiger partial charge in [-0.15, -0.1) is 0 Å². The molecule has 0 spiro atoms. The number of alkyl halides is 1. The molecule has 140 valence electrons. The molecule has 2 unspecified atom stereocenters. The number of hydrogen-bond donors (Lipinski definition) is 3. The van der Waals surface area contributed by atoms with Crippen LogP contribution >= 0.6 is 0 Å². The van der Waals surface area contributed by atoms with Gasteiger partial charge < -0.3 is 20.7 Å². The van der Waals surface area contributed by atoms with Crippen LogP contribution in [0.3, 0.4) is 0 Å². The molecule has 0 aromatic rings. The monoisotopic (exact) mass is 352 g/mol. The van der Waals surface area contributed by atoms with Gasteiger partial charge in [0.2, 0.25) is 5.91 Å². The van der Waals surface area contributed by atoms with Gasteiger partial charge >= 0.3 is 7.12 Å². The Morgan fingerprint density at radius 2 is 1.76 bits per heavy atom. The van der Waals surface area contributed by atoms with Crippen LogP contribution in [0.4, 0.5) is 4.39 Å². The van der Waals surface area contributed by atoms with Gasteiger partial charge in [0.05, 0.1) is 12.0 Å². The third-order valence-corrected chi connectivity index (χ3v) is 7.42. The zero-order chi connectivity index (χ0) is 18.3. The van der Waals surface area contributed by atoms with Crippen LogP contribution in [0.1, 0.15) is 65.2 Å². The lowest BCUT2D eigenvalue weighted by molar-refractivity contribution is -0.204. The zero-order valence-electron chi connectivity index (χ0n) is 15.3. The zero-order valence-corrected chi connectivity index (χ0v) is 15.3. The van der Waals surface area contributed by atoms with Gasteiger partial charge in [-0.1, -0.05) is 13.8 Å². The summed E-state index contributed by atoms with van der Waals surface area (Å²) in [5, 5.41) is 19.1. The van der Waals surface area contributed by atoms with Gasteiger partial charge in [0.1, 0.15) is 5.67 Å². The van der Waals surface area contributed by atoms with Crippen LogP contribution in [0.15, 0.2) is 0 Å². The fourth-order valence-electron chi connectivity index (χ4n) is 7.79. The van der Waals surface area contributed by atoms with E-state index in [0.29, 0.717) is 32.2 Å². The van der Waals surface area contributed by atoms with Gasteiger partial charge in [-0.25, -0.2) is 4.39 Å². The Balaban J connectivity index is 1.63. The largest absolute Gasteiger partial charge is 0.475 e. The Hall–Kier alpha value is -0.655. The minimum atomic E-state index is -1.54. The van der Waals surface area contributed by atoms with E-state index in [1.54, 1.807) is 0 Å². The molecule has 1 amide bonds. The molecular formula is C18H30BFN2O3. The number of nitrogens with two attached hydrogens (primary N) is 1. The topological polar surface area (TPSA) is 86.8 Å². The van der Waals surface area contributed by atoms with Crippen molar-refractivity contribution in [1.29, 1.82) is 0 Å². The Morgan fingerprint density at radius 3 is 2.28 bits per heavy atom. The van der Waals surface area contributed by atoms with Crippen LogP contribution in [-0.4, -0.2) is 52.2 Å². The first kappa shape index (κ1) is 17.7. The Bertz CT molecular complexity index is 547. The standard InChI is InChI=1S/C18H30BFN2O3/c1-15-6-16(2)8-17(7-15,11-18(20,9-15)10-16)13(21)14(23)22-5-3-4-12(22)19(24)25/h12-13,24-25H,3-11,21H2,1-2H3/t12-,13+,15?,16?,17?,18?/m0/s1. The van der Waals surface area contributed by atoms with Crippen molar-refractivity contribution < 1.29 is 19.2 Å². The summed E-state index contributed by atoms with van der Waals surface area (Å²) in [5.41, 5.74) is 4.63. The molecule has 4 aliphatic carbocycles. The van der Waals surface area contributed by atoms with Crippen molar-refractivity contribution in [3.63, 3.8) is 0 Å². The lowest BCUT2D eigenvalue weighted by Crippen LogP contribution is -2.68. The molecular weight excluding hydrogens is 322 g/mol.